The highest BCUT2D eigenvalue weighted by Gasteiger charge is 2.31. The number of alkyl halides is 3. The molecule has 2 aromatic heterocycles. The van der Waals surface area contributed by atoms with Gasteiger partial charge in [0.15, 0.2) is 0 Å². The summed E-state index contributed by atoms with van der Waals surface area (Å²) in [5, 5.41) is 8.13. The maximum absolute atomic E-state index is 13.1. The highest BCUT2D eigenvalue weighted by molar-refractivity contribution is 5.94. The van der Waals surface area contributed by atoms with Crippen molar-refractivity contribution in [3.8, 4) is 17.1 Å². The molecule has 1 amide bonds. The topological polar surface area (TPSA) is 64.2 Å². The van der Waals surface area contributed by atoms with Crippen molar-refractivity contribution in [3.05, 3.63) is 90.1 Å². The Morgan fingerprint density at radius 3 is 2.35 bits per heavy atom. The molecule has 34 heavy (non-hydrogen) atoms. The van der Waals surface area contributed by atoms with E-state index < -0.39 is 11.7 Å². The number of benzene rings is 2. The van der Waals surface area contributed by atoms with Gasteiger partial charge in [0.25, 0.3) is 5.91 Å². The largest absolute Gasteiger partial charge is 0.420 e. The molecule has 4 aromatic rings. The normalized spacial score (nSPS) is 16.6. The summed E-state index contributed by atoms with van der Waals surface area (Å²) in [4.78, 5) is 14.9. The highest BCUT2D eigenvalue weighted by Crippen LogP contribution is 2.32. The summed E-state index contributed by atoms with van der Waals surface area (Å²) in [6.45, 7) is 1.07. The molecule has 0 spiro atoms. The van der Waals surface area contributed by atoms with Crippen LogP contribution in [0.25, 0.3) is 17.1 Å². The van der Waals surface area contributed by atoms with Crippen LogP contribution in [0.4, 0.5) is 13.2 Å². The van der Waals surface area contributed by atoms with Crippen molar-refractivity contribution in [2.24, 2.45) is 0 Å². The first-order valence-corrected chi connectivity index (χ1v) is 10.9. The number of halogens is 3. The van der Waals surface area contributed by atoms with E-state index in [1.165, 1.54) is 12.1 Å². The molecule has 1 atom stereocenters. The number of rotatable bonds is 4. The molecule has 9 heteroatoms. The first kappa shape index (κ1) is 21.9. The van der Waals surface area contributed by atoms with Crippen LogP contribution in [0.1, 0.15) is 40.6 Å². The number of nitrogens with zero attached hydrogens (tertiary/aromatic N) is 4. The number of aromatic nitrogens is 3. The second kappa shape index (κ2) is 8.81. The van der Waals surface area contributed by atoms with Gasteiger partial charge in [0, 0.05) is 42.3 Å². The lowest BCUT2D eigenvalue weighted by Crippen LogP contribution is -2.39. The van der Waals surface area contributed by atoms with Crippen LogP contribution in [0.2, 0.25) is 0 Å². The number of carbonyl (C=O) groups is 1. The third-order valence-corrected chi connectivity index (χ3v) is 5.97. The van der Waals surface area contributed by atoms with E-state index in [1.807, 2.05) is 53.4 Å². The van der Waals surface area contributed by atoms with Crippen molar-refractivity contribution in [2.75, 3.05) is 13.1 Å². The number of hydrogen-bond acceptors (Lipinski definition) is 4. The summed E-state index contributed by atoms with van der Waals surface area (Å²) in [5.74, 6) is 0.349. The zero-order chi connectivity index (χ0) is 23.7. The molecule has 1 aliphatic heterocycles. The van der Waals surface area contributed by atoms with Crippen molar-refractivity contribution >= 4 is 5.91 Å². The average Bonchev–Trinajstić information content (AvgIpc) is 3.56. The molecule has 0 aliphatic carbocycles. The Balaban J connectivity index is 1.27. The van der Waals surface area contributed by atoms with Crippen LogP contribution in [0.3, 0.4) is 0 Å². The van der Waals surface area contributed by atoms with E-state index in [1.54, 1.807) is 4.90 Å². The minimum absolute atomic E-state index is 0.0637. The summed E-state index contributed by atoms with van der Waals surface area (Å²) < 4.78 is 46.1. The van der Waals surface area contributed by atoms with Crippen LogP contribution in [-0.2, 0) is 6.18 Å². The molecule has 2 aromatic carbocycles. The van der Waals surface area contributed by atoms with E-state index in [-0.39, 0.29) is 17.7 Å². The molecule has 5 rings (SSSR count). The van der Waals surface area contributed by atoms with Gasteiger partial charge in [-0.3, -0.25) is 4.79 Å². The first-order valence-electron chi connectivity index (χ1n) is 10.9. The van der Waals surface area contributed by atoms with Crippen molar-refractivity contribution in [2.45, 2.75) is 24.9 Å². The van der Waals surface area contributed by atoms with E-state index in [0.29, 0.717) is 30.1 Å². The van der Waals surface area contributed by atoms with Gasteiger partial charge in [-0.2, -0.15) is 13.2 Å². The summed E-state index contributed by atoms with van der Waals surface area (Å²) in [5.41, 5.74) is 1.25. The molecule has 0 saturated carbocycles. The second-order valence-electron chi connectivity index (χ2n) is 8.25. The molecular formula is C25H21F3N4O2. The Kier molecular flexibility index (Phi) is 5.69. The SMILES string of the molecule is O=C(c1ccc(-n2cccc2)cc1)N1CCCC(c2nnc(-c3ccc(C(F)(F)F)cc3)o2)C1. The van der Waals surface area contributed by atoms with Gasteiger partial charge in [0.05, 0.1) is 11.5 Å². The molecular weight excluding hydrogens is 445 g/mol. The fourth-order valence-corrected chi connectivity index (χ4v) is 4.15. The predicted molar refractivity (Wildman–Crippen MR) is 118 cm³/mol. The van der Waals surface area contributed by atoms with Gasteiger partial charge in [0.2, 0.25) is 11.8 Å². The summed E-state index contributed by atoms with van der Waals surface area (Å²) in [6, 6.07) is 15.9. The number of carbonyl (C=O) groups excluding carboxylic acids is 1. The van der Waals surface area contributed by atoms with Crippen LogP contribution in [-0.4, -0.2) is 38.7 Å². The molecule has 1 unspecified atom stereocenters. The Bertz CT molecular complexity index is 1260. The quantitative estimate of drug-likeness (QED) is 0.395. The molecule has 0 radical (unpaired) electrons. The van der Waals surface area contributed by atoms with Crippen LogP contribution >= 0.6 is 0 Å². The van der Waals surface area contributed by atoms with Gasteiger partial charge in [-0.15, -0.1) is 10.2 Å². The van der Waals surface area contributed by atoms with Crippen LogP contribution in [0, 0.1) is 0 Å². The van der Waals surface area contributed by atoms with E-state index >= 15 is 0 Å². The molecule has 3 heterocycles. The average molecular weight is 466 g/mol. The van der Waals surface area contributed by atoms with Gasteiger partial charge in [-0.05, 0) is 73.5 Å². The van der Waals surface area contributed by atoms with E-state index in [9.17, 15) is 18.0 Å². The standard InChI is InChI=1S/C25H21F3N4O2/c26-25(27,28)20-9-5-17(6-10-20)22-29-30-23(34-22)19-4-3-15-32(16-19)24(33)18-7-11-21(12-8-18)31-13-1-2-14-31/h1-2,5-14,19H,3-4,15-16H2. The summed E-state index contributed by atoms with van der Waals surface area (Å²) >= 11 is 0. The van der Waals surface area contributed by atoms with E-state index in [0.717, 1.165) is 30.7 Å². The van der Waals surface area contributed by atoms with Crippen molar-refractivity contribution in [1.82, 2.24) is 19.7 Å². The fourth-order valence-electron chi connectivity index (χ4n) is 4.15. The summed E-state index contributed by atoms with van der Waals surface area (Å²) in [7, 11) is 0. The molecule has 6 nitrogen and oxygen atoms in total. The Morgan fingerprint density at radius 1 is 0.971 bits per heavy atom. The van der Waals surface area contributed by atoms with Crippen LogP contribution in [0.5, 0.6) is 0 Å². The number of likely N-dealkylation sites (tertiary alicyclic amines) is 1. The van der Waals surface area contributed by atoms with E-state index in [4.69, 9.17) is 4.42 Å². The monoisotopic (exact) mass is 466 g/mol. The maximum atomic E-state index is 13.1. The minimum atomic E-state index is -4.40. The van der Waals surface area contributed by atoms with Crippen LogP contribution in [0.15, 0.2) is 77.5 Å². The fraction of sp³-hybridized carbons (Fsp3) is 0.240. The highest BCUT2D eigenvalue weighted by atomic mass is 19.4. The van der Waals surface area contributed by atoms with Crippen LogP contribution < -0.4 is 0 Å². The lowest BCUT2D eigenvalue weighted by Gasteiger charge is -2.31. The second-order valence-corrected chi connectivity index (χ2v) is 8.25. The third-order valence-electron chi connectivity index (χ3n) is 5.97. The van der Waals surface area contributed by atoms with Gasteiger partial charge >= 0.3 is 6.18 Å². The Labute approximate surface area is 193 Å². The molecule has 0 bridgehead atoms. The summed E-state index contributed by atoms with van der Waals surface area (Å²) in [6.07, 6.45) is 1.05. The number of amides is 1. The molecule has 1 aliphatic rings. The molecule has 1 saturated heterocycles. The number of hydrogen-bond donors (Lipinski definition) is 0. The van der Waals surface area contributed by atoms with Gasteiger partial charge in [-0.1, -0.05) is 0 Å². The minimum Gasteiger partial charge on any atom is -0.420 e. The lowest BCUT2D eigenvalue weighted by molar-refractivity contribution is -0.137. The van der Waals surface area contributed by atoms with Gasteiger partial charge < -0.3 is 13.9 Å². The van der Waals surface area contributed by atoms with Crippen molar-refractivity contribution in [3.63, 3.8) is 0 Å². The molecule has 174 valence electrons. The first-order chi connectivity index (χ1) is 16.4. The van der Waals surface area contributed by atoms with Crippen molar-refractivity contribution < 1.29 is 22.4 Å². The van der Waals surface area contributed by atoms with E-state index in [2.05, 4.69) is 10.2 Å². The number of piperidine rings is 1. The smallest absolute Gasteiger partial charge is 0.416 e. The molecule has 0 N–H and O–H groups in total. The zero-order valence-corrected chi connectivity index (χ0v) is 18.1. The lowest BCUT2D eigenvalue weighted by atomic mass is 9.97. The Hall–Kier alpha value is -3.88. The third kappa shape index (κ3) is 4.46. The van der Waals surface area contributed by atoms with Gasteiger partial charge in [-0.25, -0.2) is 0 Å². The van der Waals surface area contributed by atoms with Gasteiger partial charge in [0.1, 0.15) is 0 Å². The zero-order valence-electron chi connectivity index (χ0n) is 18.1. The molecule has 1 fully saturated rings. The maximum Gasteiger partial charge on any atom is 0.416 e. The Morgan fingerprint density at radius 2 is 1.68 bits per heavy atom. The van der Waals surface area contributed by atoms with Crippen molar-refractivity contribution in [1.29, 1.82) is 0 Å². The predicted octanol–water partition coefficient (Wildman–Crippen LogP) is 5.57.